The maximum absolute atomic E-state index is 12.3. The summed E-state index contributed by atoms with van der Waals surface area (Å²) < 4.78 is 50.8. The number of aliphatic hydroxyl groups is 1. The van der Waals surface area contributed by atoms with E-state index in [1.807, 2.05) is 30.3 Å². The van der Waals surface area contributed by atoms with Gasteiger partial charge in [-0.25, -0.2) is 14.7 Å². The van der Waals surface area contributed by atoms with Gasteiger partial charge in [-0.3, -0.25) is 23.7 Å². The number of phosphoric ester groups is 1. The Morgan fingerprint density at radius 3 is 2.27 bits per heavy atom. The minimum atomic E-state index is -6.11. The summed E-state index contributed by atoms with van der Waals surface area (Å²) in [5.41, 5.74) is 6.15. The van der Waals surface area contributed by atoms with Gasteiger partial charge in [-0.1, -0.05) is 30.3 Å². The average molecular weight is 660 g/mol. The summed E-state index contributed by atoms with van der Waals surface area (Å²) in [5.74, 6) is -0.558. The van der Waals surface area contributed by atoms with Crippen molar-refractivity contribution in [3.8, 4) is 0 Å². The van der Waals surface area contributed by atoms with Crippen LogP contribution in [-0.4, -0.2) is 39.4 Å². The van der Waals surface area contributed by atoms with E-state index in [1.165, 1.54) is 17.1 Å². The number of hydrazine groups is 1. The van der Waals surface area contributed by atoms with Crippen molar-refractivity contribution in [2.24, 2.45) is 0 Å². The average Bonchev–Trinajstić information content (AvgIpc) is 3.37. The summed E-state index contributed by atoms with van der Waals surface area (Å²) in [5, 5.41) is 10.1. The van der Waals surface area contributed by atoms with Crippen LogP contribution in [0.15, 0.2) is 42.9 Å². The first-order valence-corrected chi connectivity index (χ1v) is 14.3. The summed E-state index contributed by atoms with van der Waals surface area (Å²) in [7, 11) is -17.9. The fourth-order valence-corrected chi connectivity index (χ4v) is 5.86. The van der Waals surface area contributed by atoms with Gasteiger partial charge in [-0.2, -0.15) is 0 Å². The van der Waals surface area contributed by atoms with Gasteiger partial charge in [0.25, 0.3) is 21.6 Å². The minimum absolute atomic E-state index is 0. The quantitative estimate of drug-likeness (QED) is 0.108. The summed E-state index contributed by atoms with van der Waals surface area (Å²) in [4.78, 5) is 59.7. The van der Waals surface area contributed by atoms with Gasteiger partial charge >= 0.3 is 118 Å². The van der Waals surface area contributed by atoms with E-state index >= 15 is 0 Å². The molecule has 17 nitrogen and oxygen atoms in total. The van der Waals surface area contributed by atoms with Crippen LogP contribution in [0.1, 0.15) is 28.7 Å². The number of carbonyl (C=O) groups excluding carboxylic acids is 1. The fourth-order valence-electron chi connectivity index (χ4n) is 2.99. The van der Waals surface area contributed by atoms with Gasteiger partial charge in [0.1, 0.15) is 18.0 Å². The maximum Gasteiger partial charge on any atom is 1.00 e. The number of nitrogens with one attached hydrogen (secondary N) is 2. The zero-order valence-electron chi connectivity index (χ0n) is 22.0. The van der Waals surface area contributed by atoms with Crippen molar-refractivity contribution in [3.05, 3.63) is 54.1 Å². The number of rotatable bonds is 12. The number of hydrogen-bond acceptors (Lipinski definition) is 15. The Morgan fingerprint density at radius 1 is 1.05 bits per heavy atom. The standard InChI is InChI=1S/C16H23N4O13P3.4Na/c21-13-6-15(31-14(13)9-30-35(26,27)33-36(28,29)32-34(23,24)25)20-8-12(17-10-20)16(22)19-18-7-11-4-2-1-3-5-11;;;;/h1-5,8,10,13-15,18,21H,6-7,9H2,(H,19,22)(H,26,27)(H,28,29)(H2,23,24,25);;;;/q;4*+1/p-4/t13-,14+,15+;;;;/m0..../s1. The molecule has 3 N–H and O–H groups in total. The molecule has 1 aliphatic rings. The Balaban J connectivity index is 0. The van der Waals surface area contributed by atoms with E-state index in [0.29, 0.717) is 6.54 Å². The van der Waals surface area contributed by atoms with Crippen molar-refractivity contribution in [2.45, 2.75) is 31.4 Å². The monoisotopic (exact) mass is 660 g/mol. The molecule has 1 fully saturated rings. The Bertz CT molecular complexity index is 1210. The number of aromatic nitrogens is 2. The van der Waals surface area contributed by atoms with Gasteiger partial charge < -0.3 is 43.1 Å². The Hall–Kier alpha value is 2.19. The first-order valence-electron chi connectivity index (χ1n) is 9.88. The Labute approximate surface area is 317 Å². The number of carbonyl (C=O) groups is 1. The molecule has 2 heterocycles. The van der Waals surface area contributed by atoms with E-state index in [9.17, 15) is 43.2 Å². The largest absolute Gasteiger partial charge is 1.00 e. The fraction of sp³-hybridized carbons (Fsp3) is 0.375. The molecule has 0 radical (unpaired) electrons. The zero-order chi connectivity index (χ0) is 26.6. The molecule has 3 rings (SSSR count). The molecule has 2 unspecified atom stereocenters. The van der Waals surface area contributed by atoms with E-state index in [1.54, 1.807) is 0 Å². The Kier molecular flexibility index (Phi) is 21.8. The van der Waals surface area contributed by atoms with Crippen molar-refractivity contribution in [1.29, 1.82) is 0 Å². The van der Waals surface area contributed by atoms with Crippen LogP contribution in [0, 0.1) is 0 Å². The van der Waals surface area contributed by atoms with Gasteiger partial charge in [-0.05, 0) is 5.56 Å². The van der Waals surface area contributed by atoms with Crippen LogP contribution in [0.25, 0.3) is 0 Å². The molecule has 1 aromatic heterocycles. The minimum Gasteiger partial charge on any atom is -0.790 e. The molecular formula is C16H19N4Na4O13P3. The number of phosphoric acid groups is 3. The van der Waals surface area contributed by atoms with Crippen molar-refractivity contribution in [1.82, 2.24) is 20.4 Å². The third-order valence-corrected chi connectivity index (χ3v) is 8.17. The molecule has 0 bridgehead atoms. The third-order valence-electron chi connectivity index (χ3n) is 4.51. The van der Waals surface area contributed by atoms with Crippen LogP contribution in [0.3, 0.4) is 0 Å². The van der Waals surface area contributed by atoms with E-state index in [2.05, 4.69) is 29.0 Å². The molecule has 24 heteroatoms. The summed E-state index contributed by atoms with van der Waals surface area (Å²) in [6.07, 6.45) is -1.01. The van der Waals surface area contributed by atoms with E-state index < -0.39 is 54.4 Å². The molecule has 1 aromatic carbocycles. The molecule has 0 saturated carbocycles. The molecule has 0 spiro atoms. The van der Waals surface area contributed by atoms with Crippen molar-refractivity contribution >= 4 is 29.4 Å². The SMILES string of the molecule is O=C(NNCc1ccccc1)c1cn([C@H]2C[C@H](O)[C@@H](COP(=O)([O-])OP(=O)([O-])OP(=O)([O-])[O-])O2)cn1.[Na+].[Na+].[Na+].[Na+]. The number of ether oxygens (including phenoxy) is 1. The zero-order valence-corrected chi connectivity index (χ0v) is 32.7. The van der Waals surface area contributed by atoms with Crippen LogP contribution in [-0.2, 0) is 38.1 Å². The number of benzene rings is 1. The summed E-state index contributed by atoms with van der Waals surface area (Å²) >= 11 is 0. The van der Waals surface area contributed by atoms with Gasteiger partial charge in [-0.15, -0.1) is 0 Å². The normalized spacial score (nSPS) is 21.3. The maximum atomic E-state index is 12.3. The van der Waals surface area contributed by atoms with Gasteiger partial charge in [0.2, 0.25) is 0 Å². The molecule has 1 aliphatic heterocycles. The van der Waals surface area contributed by atoms with E-state index in [4.69, 9.17) is 4.74 Å². The second-order valence-corrected chi connectivity index (χ2v) is 11.5. The molecule has 200 valence electrons. The molecule has 1 saturated heterocycles. The van der Waals surface area contributed by atoms with Crippen molar-refractivity contribution in [2.75, 3.05) is 6.61 Å². The van der Waals surface area contributed by atoms with E-state index in [0.717, 1.165) is 5.56 Å². The smallest absolute Gasteiger partial charge is 0.790 e. The number of hydrogen-bond donors (Lipinski definition) is 3. The topological polar surface area (TPSA) is 260 Å². The van der Waals surface area contributed by atoms with Crippen molar-refractivity contribution < 1.29 is 179 Å². The molecule has 0 aliphatic carbocycles. The van der Waals surface area contributed by atoms with Gasteiger partial charge in [0.15, 0.2) is 0 Å². The predicted molar refractivity (Wildman–Crippen MR) is 108 cm³/mol. The summed E-state index contributed by atoms with van der Waals surface area (Å²) in [6, 6.07) is 9.26. The van der Waals surface area contributed by atoms with Gasteiger partial charge in [0, 0.05) is 19.2 Å². The summed E-state index contributed by atoms with van der Waals surface area (Å²) in [6.45, 7) is -0.572. The molecule has 1 amide bonds. The van der Waals surface area contributed by atoms with E-state index in [-0.39, 0.29) is 130 Å². The predicted octanol–water partition coefficient (Wildman–Crippen LogP) is -14.2. The number of nitrogens with zero attached hydrogens (tertiary/aromatic N) is 2. The van der Waals surface area contributed by atoms with Crippen LogP contribution < -0.4 is 149 Å². The molecule has 40 heavy (non-hydrogen) atoms. The van der Waals surface area contributed by atoms with Crippen LogP contribution in [0.4, 0.5) is 0 Å². The number of aliphatic hydroxyl groups excluding tert-OH is 1. The second-order valence-electron chi connectivity index (χ2n) is 7.23. The molecular weight excluding hydrogens is 641 g/mol. The van der Waals surface area contributed by atoms with Gasteiger partial charge in [0.05, 0.1) is 26.9 Å². The van der Waals surface area contributed by atoms with Crippen molar-refractivity contribution in [3.63, 3.8) is 0 Å². The number of amides is 1. The number of imidazole rings is 1. The molecule has 5 atom stereocenters. The molecule has 2 aromatic rings. The first-order chi connectivity index (χ1) is 16.7. The van der Waals surface area contributed by atoms with Crippen LogP contribution >= 0.6 is 23.5 Å². The first kappa shape index (κ1) is 44.3. The van der Waals surface area contributed by atoms with Crippen LogP contribution in [0.5, 0.6) is 0 Å². The third kappa shape index (κ3) is 15.5. The second kappa shape index (κ2) is 19.6. The van der Waals surface area contributed by atoms with Crippen LogP contribution in [0.2, 0.25) is 0 Å². The Morgan fingerprint density at radius 2 is 1.68 bits per heavy atom.